The first kappa shape index (κ1) is 24.0. The Bertz CT molecular complexity index is 1390. The highest BCUT2D eigenvalue weighted by Crippen LogP contribution is 2.44. The summed E-state index contributed by atoms with van der Waals surface area (Å²) in [6.45, 7) is 3.67. The van der Waals surface area contributed by atoms with Gasteiger partial charge >= 0.3 is 0 Å². The average Bonchev–Trinajstić information content (AvgIpc) is 3.51. The first-order valence-corrected chi connectivity index (χ1v) is 12.5. The lowest BCUT2D eigenvalue weighted by molar-refractivity contribution is -0.118. The summed E-state index contributed by atoms with van der Waals surface area (Å²) in [6.07, 6.45) is 1.76. The van der Waals surface area contributed by atoms with Crippen molar-refractivity contribution in [2.24, 2.45) is 5.92 Å². The molecule has 2 aromatic heterocycles. The molecule has 1 amide bonds. The molecule has 36 heavy (non-hydrogen) atoms. The number of benzene rings is 2. The second-order valence-electron chi connectivity index (χ2n) is 8.87. The van der Waals surface area contributed by atoms with Crippen LogP contribution in [0.1, 0.15) is 37.4 Å². The van der Waals surface area contributed by atoms with Crippen LogP contribution in [0.4, 0.5) is 11.4 Å². The van der Waals surface area contributed by atoms with E-state index in [-0.39, 0.29) is 23.9 Å². The lowest BCUT2D eigenvalue weighted by atomic mass is 10.0. The Morgan fingerprint density at radius 3 is 2.56 bits per heavy atom. The Labute approximate surface area is 220 Å². The van der Waals surface area contributed by atoms with Gasteiger partial charge in [-0.2, -0.15) is 0 Å². The molecule has 2 N–H and O–H groups in total. The molecule has 1 fully saturated rings. The number of furan rings is 1. The van der Waals surface area contributed by atoms with E-state index in [4.69, 9.17) is 28.2 Å². The summed E-state index contributed by atoms with van der Waals surface area (Å²) in [5, 5.41) is 7.25. The van der Waals surface area contributed by atoms with E-state index in [1.807, 2.05) is 85.5 Å². The molecule has 0 saturated carbocycles. The van der Waals surface area contributed by atoms with Crippen LogP contribution in [0.3, 0.4) is 0 Å². The highest BCUT2D eigenvalue weighted by atomic mass is 35.5. The zero-order valence-electron chi connectivity index (χ0n) is 19.8. The minimum absolute atomic E-state index is 0.0971. The second kappa shape index (κ2) is 10.1. The van der Waals surface area contributed by atoms with Gasteiger partial charge in [0.2, 0.25) is 5.91 Å². The number of rotatable bonds is 6. The van der Waals surface area contributed by atoms with Gasteiger partial charge in [-0.3, -0.25) is 9.78 Å². The lowest BCUT2D eigenvalue weighted by Gasteiger charge is -2.26. The van der Waals surface area contributed by atoms with Crippen LogP contribution < -0.4 is 15.5 Å². The van der Waals surface area contributed by atoms with Crippen LogP contribution >= 0.6 is 23.8 Å². The quantitative estimate of drug-likeness (QED) is 0.276. The van der Waals surface area contributed by atoms with Crippen molar-refractivity contribution in [1.29, 1.82) is 0 Å². The molecule has 0 aliphatic carbocycles. The summed E-state index contributed by atoms with van der Waals surface area (Å²) in [6, 6.07) is 24.7. The minimum Gasteiger partial charge on any atom is -0.459 e. The van der Waals surface area contributed by atoms with E-state index in [0.717, 1.165) is 28.5 Å². The fourth-order valence-corrected chi connectivity index (χ4v) is 4.79. The Balaban J connectivity index is 1.54. The lowest BCUT2D eigenvalue weighted by Crippen LogP contribution is -2.29. The highest BCUT2D eigenvalue weighted by Gasteiger charge is 2.42. The van der Waals surface area contributed by atoms with Crippen molar-refractivity contribution in [3.8, 4) is 11.3 Å². The predicted molar refractivity (Wildman–Crippen MR) is 147 cm³/mol. The molecule has 0 radical (unpaired) electrons. The third-order valence-corrected chi connectivity index (χ3v) is 6.72. The number of pyridine rings is 1. The molecule has 3 heterocycles. The minimum atomic E-state index is -0.308. The molecule has 8 heteroatoms. The molecule has 182 valence electrons. The van der Waals surface area contributed by atoms with E-state index in [2.05, 4.69) is 15.6 Å². The maximum absolute atomic E-state index is 12.2. The largest absolute Gasteiger partial charge is 0.459 e. The van der Waals surface area contributed by atoms with Gasteiger partial charge < -0.3 is 20.0 Å². The van der Waals surface area contributed by atoms with Gasteiger partial charge in [-0.1, -0.05) is 61.8 Å². The normalized spacial score (nSPS) is 17.3. The zero-order valence-corrected chi connectivity index (χ0v) is 21.4. The molecule has 5 rings (SSSR count). The van der Waals surface area contributed by atoms with Crippen LogP contribution in [0.25, 0.3) is 11.3 Å². The van der Waals surface area contributed by atoms with Gasteiger partial charge in [0, 0.05) is 23.4 Å². The van der Waals surface area contributed by atoms with Gasteiger partial charge in [-0.15, -0.1) is 0 Å². The molecule has 0 unspecified atom stereocenters. The van der Waals surface area contributed by atoms with E-state index in [9.17, 15) is 4.79 Å². The second-order valence-corrected chi connectivity index (χ2v) is 9.67. The summed E-state index contributed by atoms with van der Waals surface area (Å²) < 4.78 is 6.38. The van der Waals surface area contributed by atoms with Gasteiger partial charge in [0.15, 0.2) is 5.11 Å². The number of anilines is 2. The fraction of sp³-hybridized carbons (Fsp3) is 0.179. The molecule has 1 aliphatic heterocycles. The summed E-state index contributed by atoms with van der Waals surface area (Å²) in [5.41, 5.74) is 3.17. The number of thiocarbonyl (C=S) groups is 1. The number of carbonyl (C=O) groups is 1. The average molecular weight is 517 g/mol. The molecule has 2 atom stereocenters. The van der Waals surface area contributed by atoms with Crippen LogP contribution in [0.2, 0.25) is 5.02 Å². The number of amides is 1. The SMILES string of the molecule is CC(C)C(=O)Nc1ccc(N2C(=S)N[C@@H](c3ccccn3)[C@H]2c2ccc(-c3ccccc3)o2)cc1Cl. The first-order chi connectivity index (χ1) is 17.4. The maximum atomic E-state index is 12.2. The van der Waals surface area contributed by atoms with Crippen molar-refractivity contribution in [1.82, 2.24) is 10.3 Å². The van der Waals surface area contributed by atoms with Crippen molar-refractivity contribution in [2.45, 2.75) is 25.9 Å². The summed E-state index contributed by atoms with van der Waals surface area (Å²) >= 11 is 12.4. The van der Waals surface area contributed by atoms with E-state index in [0.29, 0.717) is 15.8 Å². The Morgan fingerprint density at radius 2 is 1.86 bits per heavy atom. The molecular formula is C28H25ClN4O2S. The highest BCUT2D eigenvalue weighted by molar-refractivity contribution is 7.80. The number of nitrogens with zero attached hydrogens (tertiary/aromatic N) is 2. The number of carbonyl (C=O) groups excluding carboxylic acids is 1. The van der Waals surface area contributed by atoms with Crippen molar-refractivity contribution >= 4 is 46.2 Å². The monoisotopic (exact) mass is 516 g/mol. The summed E-state index contributed by atoms with van der Waals surface area (Å²) in [5.74, 6) is 1.26. The predicted octanol–water partition coefficient (Wildman–Crippen LogP) is 6.77. The molecule has 1 aliphatic rings. The third kappa shape index (κ3) is 4.72. The van der Waals surface area contributed by atoms with E-state index >= 15 is 0 Å². The van der Waals surface area contributed by atoms with Crippen molar-refractivity contribution in [3.05, 3.63) is 102 Å². The van der Waals surface area contributed by atoms with Gasteiger partial charge in [-0.25, -0.2) is 0 Å². The molecule has 1 saturated heterocycles. The van der Waals surface area contributed by atoms with Gasteiger partial charge in [0.25, 0.3) is 0 Å². The number of hydrogen-bond acceptors (Lipinski definition) is 4. The Hall–Kier alpha value is -3.68. The molecule has 0 spiro atoms. The fourth-order valence-electron chi connectivity index (χ4n) is 4.22. The van der Waals surface area contributed by atoms with E-state index in [1.54, 1.807) is 18.3 Å². The first-order valence-electron chi connectivity index (χ1n) is 11.7. The van der Waals surface area contributed by atoms with Crippen molar-refractivity contribution < 1.29 is 9.21 Å². The van der Waals surface area contributed by atoms with Crippen LogP contribution in [0.5, 0.6) is 0 Å². The van der Waals surface area contributed by atoms with E-state index < -0.39 is 0 Å². The number of hydrogen-bond donors (Lipinski definition) is 2. The number of aromatic nitrogens is 1. The summed E-state index contributed by atoms with van der Waals surface area (Å²) in [4.78, 5) is 18.8. The molecule has 0 bridgehead atoms. The van der Waals surface area contributed by atoms with Gasteiger partial charge in [0.05, 0.1) is 22.4 Å². The number of halogens is 1. The number of nitrogens with one attached hydrogen (secondary N) is 2. The van der Waals surface area contributed by atoms with Crippen LogP contribution in [-0.2, 0) is 4.79 Å². The maximum Gasteiger partial charge on any atom is 0.226 e. The standard InChI is InChI=1S/C28H25ClN4O2S/c1-17(2)27(34)31-21-12-11-19(16-20(21)29)33-26(25(32-28(33)36)22-10-6-7-15-30-22)24-14-13-23(35-24)18-8-4-3-5-9-18/h3-17,25-26H,1-2H3,(H,31,34)(H,32,36)/t25-,26+/m0/s1. The van der Waals surface area contributed by atoms with Crippen LogP contribution in [0.15, 0.2) is 89.5 Å². The Morgan fingerprint density at radius 1 is 1.08 bits per heavy atom. The zero-order chi connectivity index (χ0) is 25.2. The molecule has 6 nitrogen and oxygen atoms in total. The van der Waals surface area contributed by atoms with Gasteiger partial charge in [-0.05, 0) is 54.7 Å². The Kier molecular flexibility index (Phi) is 6.76. The van der Waals surface area contributed by atoms with Gasteiger partial charge in [0.1, 0.15) is 17.6 Å². The van der Waals surface area contributed by atoms with Crippen LogP contribution in [-0.4, -0.2) is 16.0 Å². The third-order valence-electron chi connectivity index (χ3n) is 6.09. The molecule has 4 aromatic rings. The van der Waals surface area contributed by atoms with Crippen LogP contribution in [0, 0.1) is 5.92 Å². The molecule has 2 aromatic carbocycles. The van der Waals surface area contributed by atoms with Crippen molar-refractivity contribution in [2.75, 3.05) is 10.2 Å². The molecular weight excluding hydrogens is 492 g/mol. The van der Waals surface area contributed by atoms with E-state index in [1.165, 1.54) is 0 Å². The smallest absolute Gasteiger partial charge is 0.226 e. The summed E-state index contributed by atoms with van der Waals surface area (Å²) in [7, 11) is 0. The van der Waals surface area contributed by atoms with Crippen molar-refractivity contribution in [3.63, 3.8) is 0 Å². The topological polar surface area (TPSA) is 70.4 Å².